The van der Waals surface area contributed by atoms with Crippen molar-refractivity contribution in [2.75, 3.05) is 20.1 Å². The van der Waals surface area contributed by atoms with E-state index in [4.69, 9.17) is 4.42 Å². The molecule has 2 aromatic rings. The molecule has 8 nitrogen and oxygen atoms in total. The summed E-state index contributed by atoms with van der Waals surface area (Å²) in [5, 5.41) is 11.6. The van der Waals surface area contributed by atoms with E-state index in [1.165, 1.54) is 7.05 Å². The number of furan rings is 1. The summed E-state index contributed by atoms with van der Waals surface area (Å²) >= 11 is 0. The fourth-order valence-corrected chi connectivity index (χ4v) is 3.76. The van der Waals surface area contributed by atoms with Crippen LogP contribution in [0.2, 0.25) is 0 Å². The largest absolute Gasteiger partial charge is 0.451 e. The molecule has 0 saturated carbocycles. The molecule has 3 amide bonds. The molecule has 1 saturated heterocycles. The van der Waals surface area contributed by atoms with Crippen LogP contribution in [0.1, 0.15) is 42.8 Å². The van der Waals surface area contributed by atoms with E-state index in [0.717, 1.165) is 37.1 Å². The first-order valence-corrected chi connectivity index (χ1v) is 11.1. The van der Waals surface area contributed by atoms with Gasteiger partial charge in [-0.25, -0.2) is 0 Å². The highest BCUT2D eigenvalue weighted by molar-refractivity contribution is 5.96. The Hall–Kier alpha value is -3.13. The van der Waals surface area contributed by atoms with Crippen molar-refractivity contribution in [3.63, 3.8) is 0 Å². The number of piperidine rings is 1. The van der Waals surface area contributed by atoms with Gasteiger partial charge in [0.05, 0.1) is 5.92 Å². The van der Waals surface area contributed by atoms with Crippen LogP contribution in [0, 0.1) is 11.8 Å². The summed E-state index contributed by atoms with van der Waals surface area (Å²) in [7, 11) is 1.54. The van der Waals surface area contributed by atoms with Crippen LogP contribution in [0.4, 0.5) is 0 Å². The zero-order valence-corrected chi connectivity index (χ0v) is 18.9. The molecule has 172 valence electrons. The summed E-state index contributed by atoms with van der Waals surface area (Å²) in [6, 6.07) is 10.3. The van der Waals surface area contributed by atoms with Crippen LogP contribution in [0.15, 0.2) is 40.8 Å². The third-order valence-electron chi connectivity index (χ3n) is 5.66. The molecule has 1 fully saturated rings. The molecule has 1 aliphatic heterocycles. The Bertz CT molecular complexity index is 947. The van der Waals surface area contributed by atoms with Gasteiger partial charge in [-0.05, 0) is 49.1 Å². The van der Waals surface area contributed by atoms with Gasteiger partial charge in [0.2, 0.25) is 11.8 Å². The quantitative estimate of drug-likeness (QED) is 0.502. The van der Waals surface area contributed by atoms with Crippen LogP contribution < -0.4 is 21.3 Å². The molecule has 2 heterocycles. The van der Waals surface area contributed by atoms with Gasteiger partial charge >= 0.3 is 0 Å². The van der Waals surface area contributed by atoms with Crippen molar-refractivity contribution in [1.82, 2.24) is 21.3 Å². The van der Waals surface area contributed by atoms with Crippen molar-refractivity contribution < 1.29 is 18.8 Å². The average molecular weight is 441 g/mol. The first-order chi connectivity index (χ1) is 15.4. The molecule has 0 radical (unpaired) electrons. The fourth-order valence-electron chi connectivity index (χ4n) is 3.76. The van der Waals surface area contributed by atoms with Gasteiger partial charge in [-0.3, -0.25) is 14.4 Å². The Morgan fingerprint density at radius 1 is 1.19 bits per heavy atom. The molecule has 32 heavy (non-hydrogen) atoms. The summed E-state index contributed by atoms with van der Waals surface area (Å²) < 4.78 is 5.76. The van der Waals surface area contributed by atoms with E-state index in [2.05, 4.69) is 21.3 Å². The molecule has 1 aliphatic rings. The first-order valence-electron chi connectivity index (χ1n) is 11.1. The van der Waals surface area contributed by atoms with Crippen LogP contribution in [0.25, 0.3) is 11.3 Å². The topological polar surface area (TPSA) is 112 Å². The molecular weight excluding hydrogens is 408 g/mol. The van der Waals surface area contributed by atoms with E-state index in [9.17, 15) is 14.4 Å². The van der Waals surface area contributed by atoms with Crippen molar-refractivity contribution in [1.29, 1.82) is 0 Å². The molecule has 2 unspecified atom stereocenters. The minimum Gasteiger partial charge on any atom is -0.451 e. The number of rotatable bonds is 8. The Morgan fingerprint density at radius 3 is 2.69 bits per heavy atom. The van der Waals surface area contributed by atoms with Gasteiger partial charge in [0.25, 0.3) is 5.91 Å². The van der Waals surface area contributed by atoms with Crippen molar-refractivity contribution in [3.8, 4) is 11.3 Å². The Morgan fingerprint density at radius 2 is 2.00 bits per heavy atom. The number of carbonyl (C=O) groups is 3. The zero-order chi connectivity index (χ0) is 23.1. The zero-order valence-electron chi connectivity index (χ0n) is 18.9. The second-order valence-electron chi connectivity index (χ2n) is 8.43. The number of nitrogens with one attached hydrogen (secondary N) is 4. The number of likely N-dealkylation sites (N-methyl/N-ethyl adjacent to an activating group) is 1. The van der Waals surface area contributed by atoms with Gasteiger partial charge in [-0.1, -0.05) is 32.0 Å². The third kappa shape index (κ3) is 5.97. The number of carbonyl (C=O) groups excluding carboxylic acids is 3. The Labute approximate surface area is 188 Å². The molecule has 4 N–H and O–H groups in total. The maximum atomic E-state index is 12.6. The van der Waals surface area contributed by atoms with Gasteiger partial charge in [-0.15, -0.1) is 0 Å². The van der Waals surface area contributed by atoms with Gasteiger partial charge in [0.1, 0.15) is 11.8 Å². The van der Waals surface area contributed by atoms with E-state index in [-0.39, 0.29) is 29.4 Å². The molecular formula is C24H32N4O4. The molecule has 0 bridgehead atoms. The minimum absolute atomic E-state index is 0.0162. The highest BCUT2D eigenvalue weighted by Gasteiger charge is 2.25. The average Bonchev–Trinajstić information content (AvgIpc) is 3.31. The normalized spacial score (nSPS) is 16.9. The monoisotopic (exact) mass is 440 g/mol. The lowest BCUT2D eigenvalue weighted by molar-refractivity contribution is -0.125. The van der Waals surface area contributed by atoms with E-state index in [1.807, 2.05) is 38.1 Å². The van der Waals surface area contributed by atoms with Crippen molar-refractivity contribution >= 4 is 17.7 Å². The highest BCUT2D eigenvalue weighted by Crippen LogP contribution is 2.23. The van der Waals surface area contributed by atoms with E-state index < -0.39 is 11.9 Å². The minimum atomic E-state index is -0.646. The molecule has 1 aromatic carbocycles. The van der Waals surface area contributed by atoms with E-state index in [1.54, 1.807) is 12.1 Å². The molecule has 1 aromatic heterocycles. The van der Waals surface area contributed by atoms with Gasteiger partial charge in [-0.2, -0.15) is 0 Å². The molecule has 0 aliphatic carbocycles. The SMILES string of the molecule is CNC(=O)C(NC(=O)c1ccc(-c2cccc(CNC(=O)C3CCCNC3)c2)o1)C(C)C. The van der Waals surface area contributed by atoms with E-state index in [0.29, 0.717) is 12.3 Å². The Balaban J connectivity index is 1.63. The van der Waals surface area contributed by atoms with Crippen molar-refractivity contribution in [2.45, 2.75) is 39.3 Å². The maximum Gasteiger partial charge on any atom is 0.287 e. The lowest BCUT2D eigenvalue weighted by atomic mass is 9.99. The van der Waals surface area contributed by atoms with Crippen LogP contribution in [-0.4, -0.2) is 43.9 Å². The van der Waals surface area contributed by atoms with Crippen molar-refractivity contribution in [2.24, 2.45) is 11.8 Å². The standard InChI is InChI=1S/C24H32N4O4/c1-15(2)21(24(31)25-3)28-23(30)20-10-9-19(32-20)17-7-4-6-16(12-17)13-27-22(29)18-8-5-11-26-14-18/h4,6-7,9-10,12,15,18,21,26H,5,8,11,13-14H2,1-3H3,(H,25,31)(H,27,29)(H,28,30). The summed E-state index contributed by atoms with van der Waals surface area (Å²) in [6.45, 7) is 5.85. The fraction of sp³-hybridized carbons (Fsp3) is 0.458. The van der Waals surface area contributed by atoms with Gasteiger partial charge < -0.3 is 25.7 Å². The predicted molar refractivity (Wildman–Crippen MR) is 122 cm³/mol. The van der Waals surface area contributed by atoms with Gasteiger partial charge in [0, 0.05) is 25.7 Å². The Kier molecular flexibility index (Phi) is 8.05. The lowest BCUT2D eigenvalue weighted by Gasteiger charge is -2.21. The number of hydrogen-bond donors (Lipinski definition) is 4. The predicted octanol–water partition coefficient (Wildman–Crippen LogP) is 2.06. The molecule has 8 heteroatoms. The molecule has 0 spiro atoms. The number of amides is 3. The number of hydrogen-bond acceptors (Lipinski definition) is 5. The third-order valence-corrected chi connectivity index (χ3v) is 5.66. The van der Waals surface area contributed by atoms with Crippen LogP contribution >= 0.6 is 0 Å². The smallest absolute Gasteiger partial charge is 0.287 e. The summed E-state index contributed by atoms with van der Waals surface area (Å²) in [5.74, 6) is 0.00313. The van der Waals surface area contributed by atoms with Crippen LogP contribution in [0.5, 0.6) is 0 Å². The summed E-state index contributed by atoms with van der Waals surface area (Å²) in [4.78, 5) is 37.0. The van der Waals surface area contributed by atoms with Crippen LogP contribution in [0.3, 0.4) is 0 Å². The summed E-state index contributed by atoms with van der Waals surface area (Å²) in [6.07, 6.45) is 1.93. The lowest BCUT2D eigenvalue weighted by Crippen LogP contribution is -2.48. The van der Waals surface area contributed by atoms with E-state index >= 15 is 0 Å². The second kappa shape index (κ2) is 10.9. The first kappa shape index (κ1) is 23.5. The second-order valence-corrected chi connectivity index (χ2v) is 8.43. The maximum absolute atomic E-state index is 12.6. The van der Waals surface area contributed by atoms with Gasteiger partial charge in [0.15, 0.2) is 5.76 Å². The molecule has 3 rings (SSSR count). The number of benzene rings is 1. The summed E-state index contributed by atoms with van der Waals surface area (Å²) in [5.41, 5.74) is 1.75. The molecule has 2 atom stereocenters. The highest BCUT2D eigenvalue weighted by atomic mass is 16.4. The van der Waals surface area contributed by atoms with Crippen molar-refractivity contribution in [3.05, 3.63) is 47.7 Å². The van der Waals surface area contributed by atoms with Crippen LogP contribution in [-0.2, 0) is 16.1 Å².